The summed E-state index contributed by atoms with van der Waals surface area (Å²) in [6.07, 6.45) is 0. The highest BCUT2D eigenvalue weighted by molar-refractivity contribution is 8.08. The lowest BCUT2D eigenvalue weighted by Gasteiger charge is -2.08. The first-order chi connectivity index (χ1) is 13.3. The molecule has 10 heteroatoms. The Labute approximate surface area is 160 Å². The fourth-order valence-corrected chi connectivity index (χ4v) is 3.34. The average molecular weight is 408 g/mol. The first-order valence-corrected chi connectivity index (χ1v) is 9.48. The van der Waals surface area contributed by atoms with E-state index in [1.807, 2.05) is 0 Å². The zero-order valence-electron chi connectivity index (χ0n) is 15.0. The van der Waals surface area contributed by atoms with Gasteiger partial charge in [-0.15, -0.1) is 0 Å². The summed E-state index contributed by atoms with van der Waals surface area (Å²) in [7, 11) is -3.60. The van der Waals surface area contributed by atoms with Crippen LogP contribution in [0.2, 0.25) is 0 Å². The summed E-state index contributed by atoms with van der Waals surface area (Å²) in [5, 5.41) is 2.57. The highest BCUT2D eigenvalue weighted by Crippen LogP contribution is 2.18. The number of carbonyl (C=O) groups is 2. The standard InChI is InChI=1S/C18H17FN2O6S/c1-3-27-17(22)12-8-10-13(11-9-12)20-21-16(18(23)26-2)28(24,25)15-7-5-4-6-14(15)19/h4-11,20H,3H2,1-2H3. The Hall–Kier alpha value is -3.27. The van der Waals surface area contributed by atoms with Gasteiger partial charge in [0.1, 0.15) is 10.7 Å². The van der Waals surface area contributed by atoms with E-state index in [0.29, 0.717) is 0 Å². The lowest BCUT2D eigenvalue weighted by molar-refractivity contribution is -0.132. The predicted molar refractivity (Wildman–Crippen MR) is 99.1 cm³/mol. The van der Waals surface area contributed by atoms with E-state index >= 15 is 0 Å². The summed E-state index contributed by atoms with van der Waals surface area (Å²) < 4.78 is 48.5. The number of sulfone groups is 1. The maximum Gasteiger partial charge on any atom is 0.370 e. The first kappa shape index (κ1) is 21.0. The number of esters is 2. The van der Waals surface area contributed by atoms with Gasteiger partial charge in [-0.1, -0.05) is 12.1 Å². The van der Waals surface area contributed by atoms with Crippen LogP contribution in [0.15, 0.2) is 58.5 Å². The first-order valence-electron chi connectivity index (χ1n) is 8.00. The maximum atomic E-state index is 13.9. The smallest absolute Gasteiger partial charge is 0.370 e. The summed E-state index contributed by atoms with van der Waals surface area (Å²) in [6.45, 7) is 1.90. The molecule has 0 fully saturated rings. The zero-order chi connectivity index (χ0) is 20.7. The highest BCUT2D eigenvalue weighted by atomic mass is 32.2. The van der Waals surface area contributed by atoms with Crippen LogP contribution in [0.4, 0.5) is 10.1 Å². The quantitative estimate of drug-likeness (QED) is 0.350. The Balaban J connectivity index is 2.34. The van der Waals surface area contributed by atoms with E-state index in [-0.39, 0.29) is 17.9 Å². The molecular formula is C18H17FN2O6S. The second kappa shape index (κ2) is 9.09. The van der Waals surface area contributed by atoms with E-state index in [1.54, 1.807) is 6.92 Å². The molecular weight excluding hydrogens is 391 g/mol. The van der Waals surface area contributed by atoms with Gasteiger partial charge in [0, 0.05) is 0 Å². The largest absolute Gasteiger partial charge is 0.464 e. The van der Waals surface area contributed by atoms with Crippen LogP contribution in [-0.4, -0.2) is 39.1 Å². The fraction of sp³-hybridized carbons (Fsp3) is 0.167. The second-order valence-corrected chi connectivity index (χ2v) is 7.09. The molecule has 0 atom stereocenters. The number of halogens is 1. The molecule has 148 valence electrons. The zero-order valence-corrected chi connectivity index (χ0v) is 15.8. The van der Waals surface area contributed by atoms with E-state index in [4.69, 9.17) is 4.74 Å². The molecule has 0 saturated carbocycles. The third-order valence-corrected chi connectivity index (χ3v) is 5.10. The van der Waals surface area contributed by atoms with E-state index < -0.39 is 37.5 Å². The van der Waals surface area contributed by atoms with Crippen molar-refractivity contribution in [3.63, 3.8) is 0 Å². The SMILES string of the molecule is CCOC(=O)c1ccc(NN=C(C(=O)OC)S(=O)(=O)c2ccccc2F)cc1. The number of methoxy groups -OCH3 is 1. The minimum absolute atomic E-state index is 0.222. The Morgan fingerprint density at radius 1 is 1.11 bits per heavy atom. The Morgan fingerprint density at radius 3 is 2.32 bits per heavy atom. The molecule has 0 spiro atoms. The summed E-state index contributed by atoms with van der Waals surface area (Å²) in [5.74, 6) is -2.81. The summed E-state index contributed by atoms with van der Waals surface area (Å²) >= 11 is 0. The molecule has 0 radical (unpaired) electrons. The molecule has 28 heavy (non-hydrogen) atoms. The predicted octanol–water partition coefficient (Wildman–Crippen LogP) is 2.37. The number of rotatable bonds is 5. The van der Waals surface area contributed by atoms with Crippen molar-refractivity contribution in [3.05, 3.63) is 59.9 Å². The van der Waals surface area contributed by atoms with Crippen molar-refractivity contribution in [1.82, 2.24) is 0 Å². The molecule has 2 aromatic rings. The Morgan fingerprint density at radius 2 is 1.75 bits per heavy atom. The number of anilines is 1. The topological polar surface area (TPSA) is 111 Å². The van der Waals surface area contributed by atoms with Gasteiger partial charge in [0.25, 0.3) is 5.04 Å². The number of ether oxygens (including phenoxy) is 2. The summed E-state index contributed by atoms with van der Waals surface area (Å²) in [6, 6.07) is 10.3. The van der Waals surface area contributed by atoms with Crippen molar-refractivity contribution in [2.75, 3.05) is 19.1 Å². The molecule has 1 N–H and O–H groups in total. The van der Waals surface area contributed by atoms with Gasteiger partial charge in [-0.3, -0.25) is 5.43 Å². The van der Waals surface area contributed by atoms with Crippen LogP contribution < -0.4 is 5.43 Å². The molecule has 0 aliphatic rings. The lowest BCUT2D eigenvalue weighted by atomic mass is 10.2. The molecule has 2 rings (SSSR count). The number of hydrogen-bond acceptors (Lipinski definition) is 8. The third kappa shape index (κ3) is 4.71. The van der Waals surface area contributed by atoms with Gasteiger partial charge in [0.2, 0.25) is 9.84 Å². The molecule has 0 aliphatic heterocycles. The molecule has 0 heterocycles. The molecule has 0 aromatic heterocycles. The van der Waals surface area contributed by atoms with Crippen molar-refractivity contribution in [2.45, 2.75) is 11.8 Å². The fourth-order valence-electron chi connectivity index (χ4n) is 2.08. The maximum absolute atomic E-state index is 13.9. The van der Waals surface area contributed by atoms with Gasteiger partial charge >= 0.3 is 11.9 Å². The van der Waals surface area contributed by atoms with Crippen LogP contribution in [0.1, 0.15) is 17.3 Å². The minimum atomic E-state index is -4.58. The molecule has 0 aliphatic carbocycles. The van der Waals surface area contributed by atoms with Crippen LogP contribution in [0.3, 0.4) is 0 Å². The van der Waals surface area contributed by atoms with Crippen molar-refractivity contribution in [2.24, 2.45) is 5.10 Å². The number of carbonyl (C=O) groups excluding carboxylic acids is 2. The number of hydrazone groups is 1. The lowest BCUT2D eigenvalue weighted by Crippen LogP contribution is -2.27. The van der Waals surface area contributed by atoms with Crippen LogP contribution in [0, 0.1) is 5.82 Å². The number of hydrogen-bond donors (Lipinski definition) is 1. The number of nitrogens with zero attached hydrogens (tertiary/aromatic N) is 1. The van der Waals surface area contributed by atoms with E-state index in [0.717, 1.165) is 19.2 Å². The van der Waals surface area contributed by atoms with E-state index in [2.05, 4.69) is 15.3 Å². The Bertz CT molecular complexity index is 1000. The Kier molecular flexibility index (Phi) is 6.83. The van der Waals surface area contributed by atoms with Gasteiger partial charge in [0.15, 0.2) is 0 Å². The van der Waals surface area contributed by atoms with Gasteiger partial charge in [-0.05, 0) is 43.3 Å². The second-order valence-electron chi connectivity index (χ2n) is 5.25. The van der Waals surface area contributed by atoms with Crippen molar-refractivity contribution < 1.29 is 31.9 Å². The highest BCUT2D eigenvalue weighted by Gasteiger charge is 2.32. The van der Waals surface area contributed by atoms with Gasteiger partial charge < -0.3 is 9.47 Å². The van der Waals surface area contributed by atoms with Gasteiger partial charge in [0.05, 0.1) is 25.0 Å². The van der Waals surface area contributed by atoms with Crippen LogP contribution >= 0.6 is 0 Å². The normalized spacial score (nSPS) is 11.6. The monoisotopic (exact) mass is 408 g/mol. The molecule has 2 aromatic carbocycles. The molecule has 8 nitrogen and oxygen atoms in total. The van der Waals surface area contributed by atoms with Crippen molar-refractivity contribution >= 4 is 32.5 Å². The molecule has 0 amide bonds. The van der Waals surface area contributed by atoms with Crippen LogP contribution in [0.25, 0.3) is 0 Å². The van der Waals surface area contributed by atoms with Gasteiger partial charge in [-0.2, -0.15) is 5.10 Å². The van der Waals surface area contributed by atoms with Crippen molar-refractivity contribution in [1.29, 1.82) is 0 Å². The average Bonchev–Trinajstić information content (AvgIpc) is 2.68. The molecule has 0 bridgehead atoms. The third-order valence-electron chi connectivity index (χ3n) is 3.42. The van der Waals surface area contributed by atoms with E-state index in [9.17, 15) is 22.4 Å². The van der Waals surface area contributed by atoms with E-state index in [1.165, 1.54) is 36.4 Å². The minimum Gasteiger partial charge on any atom is -0.464 e. The van der Waals surface area contributed by atoms with Crippen LogP contribution in [0.5, 0.6) is 0 Å². The number of nitrogens with one attached hydrogen (secondary N) is 1. The summed E-state index contributed by atoms with van der Waals surface area (Å²) in [5.41, 5.74) is 2.94. The van der Waals surface area contributed by atoms with Crippen molar-refractivity contribution in [3.8, 4) is 0 Å². The molecule has 0 saturated heterocycles. The number of benzene rings is 2. The van der Waals surface area contributed by atoms with Crippen LogP contribution in [-0.2, 0) is 24.1 Å². The summed E-state index contributed by atoms with van der Waals surface area (Å²) in [4.78, 5) is 22.8. The van der Waals surface area contributed by atoms with Gasteiger partial charge in [-0.25, -0.2) is 22.4 Å². The molecule has 0 unspecified atom stereocenters.